The van der Waals surface area contributed by atoms with E-state index in [1.54, 1.807) is 6.26 Å². The van der Waals surface area contributed by atoms with E-state index < -0.39 is 0 Å². The molecule has 0 aliphatic heterocycles. The van der Waals surface area contributed by atoms with E-state index in [1.165, 1.54) is 5.56 Å². The Kier molecular flexibility index (Phi) is 3.15. The molecule has 0 saturated carbocycles. The third-order valence-corrected chi connectivity index (χ3v) is 2.17. The quantitative estimate of drug-likeness (QED) is 0.824. The molecule has 0 unspecified atom stereocenters. The van der Waals surface area contributed by atoms with Crippen LogP contribution in [0.3, 0.4) is 0 Å². The predicted molar refractivity (Wildman–Crippen MR) is 56.5 cm³/mol. The number of rotatable bonds is 4. The molecule has 0 aliphatic carbocycles. The monoisotopic (exact) mass is 203 g/mol. The summed E-state index contributed by atoms with van der Waals surface area (Å²) in [6.45, 7) is 0.108. The fourth-order valence-corrected chi connectivity index (χ4v) is 1.43. The van der Waals surface area contributed by atoms with Gasteiger partial charge < -0.3 is 9.52 Å². The molecule has 15 heavy (non-hydrogen) atoms. The predicted octanol–water partition coefficient (Wildman–Crippen LogP) is 1.80. The molecule has 0 fully saturated rings. The largest absolute Gasteiger partial charge is 0.448 e. The maximum Gasteiger partial charge on any atom is 0.198 e. The summed E-state index contributed by atoms with van der Waals surface area (Å²) in [4.78, 5) is 4.27. The first-order valence-corrected chi connectivity index (χ1v) is 4.96. The summed E-state index contributed by atoms with van der Waals surface area (Å²) in [5.74, 6) is 0.699. The fraction of sp³-hybridized carbons (Fsp3) is 0.250. The van der Waals surface area contributed by atoms with Crippen LogP contribution in [0.25, 0.3) is 0 Å². The van der Waals surface area contributed by atoms with Crippen molar-refractivity contribution >= 4 is 0 Å². The lowest BCUT2D eigenvalue weighted by Crippen LogP contribution is -1.92. The molecule has 0 amide bonds. The van der Waals surface area contributed by atoms with Crippen molar-refractivity contribution < 1.29 is 9.52 Å². The normalized spacial score (nSPS) is 10.5. The van der Waals surface area contributed by atoms with E-state index in [-0.39, 0.29) is 6.61 Å². The minimum atomic E-state index is 0.108. The third-order valence-electron chi connectivity index (χ3n) is 2.17. The summed E-state index contributed by atoms with van der Waals surface area (Å²) in [5.41, 5.74) is 1.98. The Bertz CT molecular complexity index is 409. The van der Waals surface area contributed by atoms with Crippen molar-refractivity contribution in [2.45, 2.75) is 12.8 Å². The molecule has 1 aromatic carbocycles. The second-order valence-electron chi connectivity index (χ2n) is 3.37. The highest BCUT2D eigenvalue weighted by molar-refractivity contribution is 5.18. The Balaban J connectivity index is 2.05. The molecule has 2 aromatic rings. The minimum Gasteiger partial charge on any atom is -0.448 e. The van der Waals surface area contributed by atoms with E-state index in [4.69, 9.17) is 9.52 Å². The Morgan fingerprint density at radius 2 is 2.00 bits per heavy atom. The summed E-state index contributed by atoms with van der Waals surface area (Å²) in [5, 5.41) is 8.74. The highest BCUT2D eigenvalue weighted by Gasteiger charge is 2.03. The van der Waals surface area contributed by atoms with Gasteiger partial charge in [-0.25, -0.2) is 4.98 Å². The molecule has 78 valence electrons. The lowest BCUT2D eigenvalue weighted by Gasteiger charge is -1.95. The number of aromatic nitrogens is 1. The van der Waals surface area contributed by atoms with Crippen LogP contribution < -0.4 is 0 Å². The molecule has 0 radical (unpaired) electrons. The van der Waals surface area contributed by atoms with Crippen molar-refractivity contribution in [3.63, 3.8) is 0 Å². The number of aliphatic hydroxyl groups is 1. The lowest BCUT2D eigenvalue weighted by molar-refractivity contribution is 0.298. The molecule has 0 aliphatic rings. The fourth-order valence-electron chi connectivity index (χ4n) is 1.43. The van der Waals surface area contributed by atoms with Gasteiger partial charge in [-0.15, -0.1) is 0 Å². The first kappa shape index (κ1) is 9.93. The summed E-state index contributed by atoms with van der Waals surface area (Å²) >= 11 is 0. The molecule has 0 bridgehead atoms. The molecular weight excluding hydrogens is 190 g/mol. The maximum atomic E-state index is 8.74. The van der Waals surface area contributed by atoms with E-state index in [0.29, 0.717) is 18.7 Å². The van der Waals surface area contributed by atoms with Crippen LogP contribution in [0.2, 0.25) is 0 Å². The number of nitrogens with zero attached hydrogens (tertiary/aromatic N) is 1. The van der Waals surface area contributed by atoms with Gasteiger partial charge in [0.25, 0.3) is 0 Å². The standard InChI is InChI=1S/C12H13NO2/c14-7-6-11-9-15-12(13-11)8-10-4-2-1-3-5-10/h1-5,9,14H,6-8H2. The van der Waals surface area contributed by atoms with Crippen molar-refractivity contribution in [1.29, 1.82) is 0 Å². The van der Waals surface area contributed by atoms with Crippen LogP contribution in [-0.4, -0.2) is 16.7 Å². The van der Waals surface area contributed by atoms with Crippen LogP contribution in [0.4, 0.5) is 0 Å². The second kappa shape index (κ2) is 4.75. The molecule has 1 heterocycles. The van der Waals surface area contributed by atoms with Crippen molar-refractivity contribution in [1.82, 2.24) is 4.98 Å². The van der Waals surface area contributed by atoms with Gasteiger partial charge in [-0.05, 0) is 5.56 Å². The van der Waals surface area contributed by atoms with Crippen molar-refractivity contribution in [3.05, 3.63) is 53.7 Å². The molecule has 0 atom stereocenters. The van der Waals surface area contributed by atoms with Gasteiger partial charge in [0.15, 0.2) is 5.89 Å². The highest BCUT2D eigenvalue weighted by Crippen LogP contribution is 2.09. The molecule has 3 heteroatoms. The number of hydrogen-bond acceptors (Lipinski definition) is 3. The molecule has 2 rings (SSSR count). The van der Waals surface area contributed by atoms with Crippen LogP contribution in [0, 0.1) is 0 Å². The van der Waals surface area contributed by atoms with Gasteiger partial charge in [-0.3, -0.25) is 0 Å². The zero-order valence-corrected chi connectivity index (χ0v) is 8.39. The van der Waals surface area contributed by atoms with Crippen molar-refractivity contribution in [3.8, 4) is 0 Å². The summed E-state index contributed by atoms with van der Waals surface area (Å²) in [6, 6.07) is 10.0. The molecule has 1 aromatic heterocycles. The van der Waals surface area contributed by atoms with Gasteiger partial charge in [0, 0.05) is 19.4 Å². The van der Waals surface area contributed by atoms with Gasteiger partial charge in [0.2, 0.25) is 0 Å². The average molecular weight is 203 g/mol. The minimum absolute atomic E-state index is 0.108. The van der Waals surface area contributed by atoms with Crippen LogP contribution in [0.5, 0.6) is 0 Å². The van der Waals surface area contributed by atoms with Gasteiger partial charge in [-0.2, -0.15) is 0 Å². The van der Waals surface area contributed by atoms with E-state index in [9.17, 15) is 0 Å². The first-order valence-electron chi connectivity index (χ1n) is 4.96. The smallest absolute Gasteiger partial charge is 0.198 e. The number of hydrogen-bond donors (Lipinski definition) is 1. The van der Waals surface area contributed by atoms with Crippen LogP contribution >= 0.6 is 0 Å². The van der Waals surface area contributed by atoms with Crippen molar-refractivity contribution in [2.24, 2.45) is 0 Å². The average Bonchev–Trinajstić information content (AvgIpc) is 2.68. The Morgan fingerprint density at radius 1 is 1.20 bits per heavy atom. The van der Waals surface area contributed by atoms with Crippen LogP contribution in [0.15, 0.2) is 41.0 Å². The topological polar surface area (TPSA) is 46.3 Å². The van der Waals surface area contributed by atoms with Gasteiger partial charge in [-0.1, -0.05) is 30.3 Å². The molecule has 1 N–H and O–H groups in total. The summed E-state index contributed by atoms with van der Waals surface area (Å²) < 4.78 is 5.30. The van der Waals surface area contributed by atoms with E-state index in [0.717, 1.165) is 5.69 Å². The summed E-state index contributed by atoms with van der Waals surface area (Å²) in [6.07, 6.45) is 2.86. The Morgan fingerprint density at radius 3 is 2.73 bits per heavy atom. The molecule has 0 saturated heterocycles. The van der Waals surface area contributed by atoms with Crippen LogP contribution in [-0.2, 0) is 12.8 Å². The number of benzene rings is 1. The lowest BCUT2D eigenvalue weighted by atomic mass is 10.1. The Hall–Kier alpha value is -1.61. The van der Waals surface area contributed by atoms with Crippen molar-refractivity contribution in [2.75, 3.05) is 6.61 Å². The second-order valence-corrected chi connectivity index (χ2v) is 3.37. The van der Waals surface area contributed by atoms with Gasteiger partial charge >= 0.3 is 0 Å². The highest BCUT2D eigenvalue weighted by atomic mass is 16.3. The van der Waals surface area contributed by atoms with Gasteiger partial charge in [0.1, 0.15) is 6.26 Å². The zero-order chi connectivity index (χ0) is 10.5. The number of oxazole rings is 1. The Labute approximate surface area is 88.4 Å². The van der Waals surface area contributed by atoms with E-state index in [2.05, 4.69) is 4.98 Å². The summed E-state index contributed by atoms with van der Waals surface area (Å²) in [7, 11) is 0. The SMILES string of the molecule is OCCc1coc(Cc2ccccc2)n1. The van der Waals surface area contributed by atoms with Crippen LogP contribution in [0.1, 0.15) is 17.1 Å². The molecular formula is C12H13NO2. The molecule has 3 nitrogen and oxygen atoms in total. The first-order chi connectivity index (χ1) is 7.38. The van der Waals surface area contributed by atoms with E-state index in [1.807, 2.05) is 30.3 Å². The maximum absolute atomic E-state index is 8.74. The number of aliphatic hydroxyl groups excluding tert-OH is 1. The third kappa shape index (κ3) is 2.67. The molecule has 0 spiro atoms. The van der Waals surface area contributed by atoms with E-state index >= 15 is 0 Å². The zero-order valence-electron chi connectivity index (χ0n) is 8.39. The van der Waals surface area contributed by atoms with Gasteiger partial charge in [0.05, 0.1) is 5.69 Å².